The zero-order valence-electron chi connectivity index (χ0n) is 16.2. The third-order valence-corrected chi connectivity index (χ3v) is 5.15. The highest BCUT2D eigenvalue weighted by atomic mass is 32.2. The van der Waals surface area contributed by atoms with E-state index in [1.807, 2.05) is 13.0 Å². The van der Waals surface area contributed by atoms with Crippen LogP contribution in [0.15, 0.2) is 22.6 Å². The van der Waals surface area contributed by atoms with Gasteiger partial charge in [0.25, 0.3) is 0 Å². The molecular weight excluding hydrogens is 368 g/mol. The number of unbranched alkanes of at least 4 members (excludes halogenated alkanes) is 1. The molecule has 0 aliphatic rings. The molecule has 148 valence electrons. The number of rotatable bonds is 10. The molecule has 27 heavy (non-hydrogen) atoms. The Kier molecular flexibility index (Phi) is 7.84. The number of aromatic nitrogens is 1. The van der Waals surface area contributed by atoms with Crippen molar-refractivity contribution in [2.24, 2.45) is 0 Å². The standard InChI is InChI=1S/C19H26N2O5S/c1-5-6-9-20-18(22)12-27(23)11-15-13(2)26-19(21-15)14-7-8-16(24-3)17(10-14)25-4/h7-8,10H,5-6,9,11-12H2,1-4H3,(H,20,22). The minimum atomic E-state index is -1.35. The molecule has 1 aromatic heterocycles. The van der Waals surface area contributed by atoms with Gasteiger partial charge in [-0.25, -0.2) is 4.98 Å². The van der Waals surface area contributed by atoms with E-state index in [1.165, 1.54) is 0 Å². The van der Waals surface area contributed by atoms with Gasteiger partial charge in [0.15, 0.2) is 11.5 Å². The largest absolute Gasteiger partial charge is 0.493 e. The van der Waals surface area contributed by atoms with Crippen molar-refractivity contribution < 1.29 is 22.9 Å². The maximum atomic E-state index is 12.3. The molecule has 7 nitrogen and oxygen atoms in total. The lowest BCUT2D eigenvalue weighted by Crippen LogP contribution is -2.29. The molecule has 0 spiro atoms. The number of hydrogen-bond donors (Lipinski definition) is 1. The number of carbonyl (C=O) groups is 1. The van der Waals surface area contributed by atoms with Crippen molar-refractivity contribution in [3.8, 4) is 23.0 Å². The highest BCUT2D eigenvalue weighted by Gasteiger charge is 2.17. The summed E-state index contributed by atoms with van der Waals surface area (Å²) in [5.74, 6) is 2.10. The predicted octanol–water partition coefficient (Wildman–Crippen LogP) is 2.83. The van der Waals surface area contributed by atoms with Crippen molar-refractivity contribution in [2.75, 3.05) is 26.5 Å². The van der Waals surface area contributed by atoms with Crippen LogP contribution in [0.25, 0.3) is 11.5 Å². The number of ether oxygens (including phenoxy) is 2. The third kappa shape index (κ3) is 5.82. The summed E-state index contributed by atoms with van der Waals surface area (Å²) in [7, 11) is 1.78. The molecule has 0 radical (unpaired) electrons. The molecule has 2 rings (SSSR count). The lowest BCUT2D eigenvalue weighted by Gasteiger charge is -2.07. The molecule has 1 atom stereocenters. The molecule has 0 saturated carbocycles. The molecule has 0 aliphatic carbocycles. The van der Waals surface area contributed by atoms with Gasteiger partial charge in [0.2, 0.25) is 11.8 Å². The van der Waals surface area contributed by atoms with Crippen LogP contribution < -0.4 is 14.8 Å². The third-order valence-electron chi connectivity index (χ3n) is 3.97. The second-order valence-electron chi connectivity index (χ2n) is 6.02. The summed E-state index contributed by atoms with van der Waals surface area (Å²) < 4.78 is 28.5. The summed E-state index contributed by atoms with van der Waals surface area (Å²) in [6.07, 6.45) is 1.91. The lowest BCUT2D eigenvalue weighted by atomic mass is 10.2. The monoisotopic (exact) mass is 394 g/mol. The molecule has 1 unspecified atom stereocenters. The Morgan fingerprint density at radius 1 is 1.26 bits per heavy atom. The number of oxazole rings is 1. The normalized spacial score (nSPS) is 11.9. The molecule has 1 heterocycles. The number of carbonyl (C=O) groups excluding carboxylic acids is 1. The average Bonchev–Trinajstić information content (AvgIpc) is 3.01. The SMILES string of the molecule is CCCCNC(=O)CS(=O)Cc1nc(-c2ccc(OC)c(OC)c2)oc1C. The van der Waals surface area contributed by atoms with E-state index in [0.717, 1.165) is 18.4 Å². The molecule has 1 N–H and O–H groups in total. The van der Waals surface area contributed by atoms with Crippen molar-refractivity contribution in [1.82, 2.24) is 10.3 Å². The molecule has 1 aromatic carbocycles. The number of hydrogen-bond acceptors (Lipinski definition) is 6. The quantitative estimate of drug-likeness (QED) is 0.623. The van der Waals surface area contributed by atoms with Crippen LogP contribution >= 0.6 is 0 Å². The van der Waals surface area contributed by atoms with Crippen molar-refractivity contribution in [3.63, 3.8) is 0 Å². The molecule has 8 heteroatoms. The second-order valence-corrected chi connectivity index (χ2v) is 7.48. The number of methoxy groups -OCH3 is 2. The van der Waals surface area contributed by atoms with Gasteiger partial charge in [-0.3, -0.25) is 9.00 Å². The fraction of sp³-hybridized carbons (Fsp3) is 0.474. The summed E-state index contributed by atoms with van der Waals surface area (Å²) in [6, 6.07) is 5.35. The number of amides is 1. The average molecular weight is 394 g/mol. The zero-order valence-corrected chi connectivity index (χ0v) is 17.0. The van der Waals surface area contributed by atoms with Crippen LogP contribution in [0.3, 0.4) is 0 Å². The van der Waals surface area contributed by atoms with Crippen molar-refractivity contribution in [2.45, 2.75) is 32.4 Å². The maximum absolute atomic E-state index is 12.3. The molecule has 1 amide bonds. The van der Waals surface area contributed by atoms with E-state index in [0.29, 0.717) is 35.4 Å². The number of aryl methyl sites for hydroxylation is 1. The molecule has 0 fully saturated rings. The van der Waals surface area contributed by atoms with Gasteiger partial charge in [-0.1, -0.05) is 13.3 Å². The van der Waals surface area contributed by atoms with Gasteiger partial charge >= 0.3 is 0 Å². The minimum absolute atomic E-state index is 0.0400. The highest BCUT2D eigenvalue weighted by Crippen LogP contribution is 2.32. The van der Waals surface area contributed by atoms with E-state index in [4.69, 9.17) is 13.9 Å². The molecule has 0 aliphatic heterocycles. The first-order chi connectivity index (χ1) is 13.0. The van der Waals surface area contributed by atoms with Crippen LogP contribution in [0, 0.1) is 6.92 Å². The first kappa shape index (κ1) is 21.0. The number of benzene rings is 1. The highest BCUT2D eigenvalue weighted by molar-refractivity contribution is 7.84. The Bertz CT molecular complexity index is 803. The van der Waals surface area contributed by atoms with E-state index in [-0.39, 0.29) is 17.4 Å². The second kappa shape index (κ2) is 10.1. The fourth-order valence-corrected chi connectivity index (χ4v) is 3.53. The van der Waals surface area contributed by atoms with E-state index < -0.39 is 10.8 Å². The summed E-state index contributed by atoms with van der Waals surface area (Å²) in [5.41, 5.74) is 1.31. The maximum Gasteiger partial charge on any atom is 0.232 e. The summed E-state index contributed by atoms with van der Waals surface area (Å²) in [4.78, 5) is 16.2. The number of nitrogens with one attached hydrogen (secondary N) is 1. The van der Waals surface area contributed by atoms with Gasteiger partial charge in [0.05, 0.1) is 25.7 Å². The molecule has 0 bridgehead atoms. The van der Waals surface area contributed by atoms with Crippen molar-refractivity contribution in [3.05, 3.63) is 29.7 Å². The van der Waals surface area contributed by atoms with Gasteiger partial charge < -0.3 is 19.2 Å². The van der Waals surface area contributed by atoms with E-state index >= 15 is 0 Å². The zero-order chi connectivity index (χ0) is 19.8. The number of nitrogens with zero attached hydrogens (tertiary/aromatic N) is 1. The summed E-state index contributed by atoms with van der Waals surface area (Å²) >= 11 is 0. The van der Waals surface area contributed by atoms with Crippen LogP contribution in [0.2, 0.25) is 0 Å². The fourth-order valence-electron chi connectivity index (χ4n) is 2.46. The minimum Gasteiger partial charge on any atom is -0.493 e. The predicted molar refractivity (Wildman–Crippen MR) is 104 cm³/mol. The van der Waals surface area contributed by atoms with Crippen molar-refractivity contribution >= 4 is 16.7 Å². The van der Waals surface area contributed by atoms with Crippen molar-refractivity contribution in [1.29, 1.82) is 0 Å². The summed E-state index contributed by atoms with van der Waals surface area (Å²) in [6.45, 7) is 4.43. The van der Waals surface area contributed by atoms with Crippen LogP contribution in [-0.4, -0.2) is 41.6 Å². The Labute approximate surface area is 161 Å². The van der Waals surface area contributed by atoms with Gasteiger partial charge in [-0.15, -0.1) is 0 Å². The van der Waals surface area contributed by atoms with E-state index in [9.17, 15) is 9.00 Å². The first-order valence-corrected chi connectivity index (χ1v) is 10.3. The Hall–Kier alpha value is -2.35. The van der Waals surface area contributed by atoms with E-state index in [2.05, 4.69) is 10.3 Å². The van der Waals surface area contributed by atoms with Crippen LogP contribution in [0.4, 0.5) is 0 Å². The van der Waals surface area contributed by atoms with Crippen LogP contribution in [-0.2, 0) is 21.3 Å². The molecular formula is C19H26N2O5S. The molecule has 2 aromatic rings. The smallest absolute Gasteiger partial charge is 0.232 e. The van der Waals surface area contributed by atoms with Gasteiger partial charge in [0, 0.05) is 22.9 Å². The Morgan fingerprint density at radius 2 is 2.00 bits per heavy atom. The molecule has 0 saturated heterocycles. The topological polar surface area (TPSA) is 90.7 Å². The van der Waals surface area contributed by atoms with Gasteiger partial charge in [-0.05, 0) is 31.5 Å². The van der Waals surface area contributed by atoms with Gasteiger partial charge in [0.1, 0.15) is 11.5 Å². The van der Waals surface area contributed by atoms with Gasteiger partial charge in [-0.2, -0.15) is 0 Å². The Balaban J connectivity index is 2.06. The Morgan fingerprint density at radius 3 is 2.67 bits per heavy atom. The first-order valence-electron chi connectivity index (χ1n) is 8.78. The summed E-state index contributed by atoms with van der Waals surface area (Å²) in [5, 5.41) is 2.77. The lowest BCUT2D eigenvalue weighted by molar-refractivity contribution is -0.118. The van der Waals surface area contributed by atoms with E-state index in [1.54, 1.807) is 33.3 Å². The van der Waals surface area contributed by atoms with Crippen LogP contribution in [0.5, 0.6) is 11.5 Å². The van der Waals surface area contributed by atoms with Crippen LogP contribution in [0.1, 0.15) is 31.2 Å².